The third-order valence-corrected chi connectivity index (χ3v) is 1.40. The normalized spacial score (nSPS) is 13.6. The monoisotopic (exact) mass is 173 g/mol. The number of hydrazine groups is 1. The fraction of sp³-hybridized carbons (Fsp3) is 0.875. The molecule has 0 spiro atoms. The summed E-state index contributed by atoms with van der Waals surface area (Å²) in [6.07, 6.45) is 0.722. The Balaban J connectivity index is 3.77. The van der Waals surface area contributed by atoms with E-state index in [2.05, 4.69) is 5.43 Å². The molecule has 0 bridgehead atoms. The second kappa shape index (κ2) is 5.11. The smallest absolute Gasteiger partial charge is 0.251 e. The van der Waals surface area contributed by atoms with Gasteiger partial charge in [0.25, 0.3) is 5.91 Å². The number of nitrogens with one attached hydrogen (secondary N) is 1. The molecule has 4 nitrogen and oxygen atoms in total. The first-order valence-corrected chi connectivity index (χ1v) is 4.17. The van der Waals surface area contributed by atoms with Crippen LogP contribution in [0.2, 0.25) is 0 Å². The quantitative estimate of drug-likeness (QED) is 0.586. The van der Waals surface area contributed by atoms with E-state index in [0.717, 1.165) is 6.42 Å². The van der Waals surface area contributed by atoms with Gasteiger partial charge in [0.1, 0.15) is 0 Å². The van der Waals surface area contributed by atoms with Gasteiger partial charge in [-0.3, -0.25) is 10.2 Å². The third kappa shape index (κ3) is 5.09. The summed E-state index contributed by atoms with van der Waals surface area (Å²) in [5.74, 6) is 0.335. The number of rotatable bonds is 4. The van der Waals surface area contributed by atoms with Gasteiger partial charge in [0, 0.05) is 14.1 Å². The second-order valence-corrected chi connectivity index (χ2v) is 3.61. The highest BCUT2D eigenvalue weighted by molar-refractivity contribution is 5.80. The zero-order chi connectivity index (χ0) is 9.72. The van der Waals surface area contributed by atoms with E-state index in [4.69, 9.17) is 5.73 Å². The number of carbonyl (C=O) groups is 1. The Morgan fingerprint density at radius 2 is 2.00 bits per heavy atom. The van der Waals surface area contributed by atoms with Gasteiger partial charge in [-0.25, -0.2) is 5.01 Å². The van der Waals surface area contributed by atoms with Gasteiger partial charge in [-0.15, -0.1) is 0 Å². The van der Waals surface area contributed by atoms with Crippen LogP contribution in [-0.2, 0) is 4.79 Å². The van der Waals surface area contributed by atoms with Gasteiger partial charge < -0.3 is 5.73 Å². The summed E-state index contributed by atoms with van der Waals surface area (Å²) in [7, 11) is 3.53. The van der Waals surface area contributed by atoms with E-state index in [1.165, 1.54) is 0 Å². The molecule has 0 rings (SSSR count). The molecule has 0 unspecified atom stereocenters. The number of carbonyl (C=O) groups excluding carboxylic acids is 1. The molecule has 0 aliphatic rings. The lowest BCUT2D eigenvalue weighted by atomic mass is 10.0. The Bertz CT molecular complexity index is 145. The van der Waals surface area contributed by atoms with Crippen molar-refractivity contribution in [3.63, 3.8) is 0 Å². The van der Waals surface area contributed by atoms with Crippen molar-refractivity contribution < 1.29 is 4.79 Å². The molecule has 0 aromatic carbocycles. The lowest BCUT2D eigenvalue weighted by molar-refractivity contribution is -0.126. The predicted octanol–water partition coefficient (Wildman–Crippen LogP) is -0.0474. The Morgan fingerprint density at radius 1 is 1.50 bits per heavy atom. The predicted molar refractivity (Wildman–Crippen MR) is 49.3 cm³/mol. The van der Waals surface area contributed by atoms with Crippen molar-refractivity contribution in [1.82, 2.24) is 10.4 Å². The number of amides is 1. The van der Waals surface area contributed by atoms with Crippen LogP contribution in [0.1, 0.15) is 20.3 Å². The maximum absolute atomic E-state index is 11.2. The van der Waals surface area contributed by atoms with E-state index in [1.54, 1.807) is 19.1 Å². The van der Waals surface area contributed by atoms with Crippen molar-refractivity contribution in [3.05, 3.63) is 0 Å². The lowest BCUT2D eigenvalue weighted by Gasteiger charge is -2.17. The SMILES string of the molecule is CC(C)C[C@@H](N)C(=O)NN(C)C. The summed E-state index contributed by atoms with van der Waals surface area (Å²) in [5, 5.41) is 1.60. The van der Waals surface area contributed by atoms with Crippen molar-refractivity contribution in [1.29, 1.82) is 0 Å². The van der Waals surface area contributed by atoms with Crippen LogP contribution in [0.4, 0.5) is 0 Å². The summed E-state index contributed by atoms with van der Waals surface area (Å²) in [6, 6.07) is -0.396. The minimum Gasteiger partial charge on any atom is -0.320 e. The van der Waals surface area contributed by atoms with Crippen molar-refractivity contribution in [2.24, 2.45) is 11.7 Å². The van der Waals surface area contributed by atoms with Crippen LogP contribution in [0.5, 0.6) is 0 Å². The Kier molecular flexibility index (Phi) is 4.85. The topological polar surface area (TPSA) is 58.4 Å². The minimum atomic E-state index is -0.396. The maximum atomic E-state index is 11.2. The molecule has 72 valence electrons. The molecule has 0 aliphatic heterocycles. The Labute approximate surface area is 74.1 Å². The number of nitrogens with zero attached hydrogens (tertiary/aromatic N) is 1. The second-order valence-electron chi connectivity index (χ2n) is 3.61. The van der Waals surface area contributed by atoms with Gasteiger partial charge in [0.15, 0.2) is 0 Å². The van der Waals surface area contributed by atoms with Crippen molar-refractivity contribution in [2.75, 3.05) is 14.1 Å². The number of hydrogen-bond acceptors (Lipinski definition) is 3. The van der Waals surface area contributed by atoms with E-state index in [1.807, 2.05) is 13.8 Å². The average Bonchev–Trinajstić information content (AvgIpc) is 1.84. The highest BCUT2D eigenvalue weighted by Gasteiger charge is 2.14. The number of hydrogen-bond donors (Lipinski definition) is 2. The molecule has 0 heterocycles. The molecule has 0 saturated carbocycles. The maximum Gasteiger partial charge on any atom is 0.251 e. The van der Waals surface area contributed by atoms with E-state index in [0.29, 0.717) is 5.92 Å². The zero-order valence-electron chi connectivity index (χ0n) is 8.29. The molecule has 4 heteroatoms. The van der Waals surface area contributed by atoms with E-state index in [-0.39, 0.29) is 5.91 Å². The molecular weight excluding hydrogens is 154 g/mol. The molecule has 0 fully saturated rings. The molecule has 0 radical (unpaired) electrons. The van der Waals surface area contributed by atoms with Crippen molar-refractivity contribution in [3.8, 4) is 0 Å². The van der Waals surface area contributed by atoms with Crippen molar-refractivity contribution in [2.45, 2.75) is 26.3 Å². The van der Waals surface area contributed by atoms with Crippen LogP contribution < -0.4 is 11.2 Å². The standard InChI is InChI=1S/C8H19N3O/c1-6(2)5-7(9)8(12)10-11(3)4/h6-7H,5,9H2,1-4H3,(H,10,12)/t7-/m1/s1. The molecule has 1 amide bonds. The highest BCUT2D eigenvalue weighted by atomic mass is 16.2. The summed E-state index contributed by atoms with van der Waals surface area (Å²) < 4.78 is 0. The van der Waals surface area contributed by atoms with Crippen LogP contribution in [-0.4, -0.2) is 31.1 Å². The van der Waals surface area contributed by atoms with E-state index < -0.39 is 6.04 Å². The largest absolute Gasteiger partial charge is 0.320 e. The van der Waals surface area contributed by atoms with Gasteiger partial charge >= 0.3 is 0 Å². The molecule has 3 N–H and O–H groups in total. The van der Waals surface area contributed by atoms with Gasteiger partial charge in [0.2, 0.25) is 0 Å². The lowest BCUT2D eigenvalue weighted by Crippen LogP contribution is -2.46. The Hall–Kier alpha value is -0.610. The summed E-state index contributed by atoms with van der Waals surface area (Å²) >= 11 is 0. The third-order valence-electron chi connectivity index (χ3n) is 1.40. The zero-order valence-corrected chi connectivity index (χ0v) is 8.29. The average molecular weight is 173 g/mol. The first-order valence-electron chi connectivity index (χ1n) is 4.17. The Morgan fingerprint density at radius 3 is 2.33 bits per heavy atom. The van der Waals surface area contributed by atoms with E-state index >= 15 is 0 Å². The molecular formula is C8H19N3O. The molecule has 12 heavy (non-hydrogen) atoms. The molecule has 1 atom stereocenters. The van der Waals surface area contributed by atoms with Crippen LogP contribution in [0.15, 0.2) is 0 Å². The van der Waals surface area contributed by atoms with Gasteiger partial charge in [-0.05, 0) is 12.3 Å². The fourth-order valence-corrected chi connectivity index (χ4v) is 0.918. The minimum absolute atomic E-state index is 0.117. The fourth-order valence-electron chi connectivity index (χ4n) is 0.918. The summed E-state index contributed by atoms with van der Waals surface area (Å²) in [6.45, 7) is 4.09. The van der Waals surface area contributed by atoms with Crippen molar-refractivity contribution >= 4 is 5.91 Å². The molecule has 0 aromatic heterocycles. The van der Waals surface area contributed by atoms with Crippen LogP contribution in [0.25, 0.3) is 0 Å². The molecule has 0 aliphatic carbocycles. The van der Waals surface area contributed by atoms with Gasteiger partial charge in [-0.2, -0.15) is 0 Å². The molecule has 0 saturated heterocycles. The number of nitrogens with two attached hydrogens (primary N) is 1. The van der Waals surface area contributed by atoms with Crippen LogP contribution in [0, 0.1) is 5.92 Å². The van der Waals surface area contributed by atoms with E-state index in [9.17, 15) is 4.79 Å². The first-order chi connectivity index (χ1) is 5.43. The summed E-state index contributed by atoms with van der Waals surface area (Å²) in [5.41, 5.74) is 8.25. The van der Waals surface area contributed by atoms with Crippen LogP contribution >= 0.6 is 0 Å². The van der Waals surface area contributed by atoms with Gasteiger partial charge in [-0.1, -0.05) is 13.8 Å². The highest BCUT2D eigenvalue weighted by Crippen LogP contribution is 2.02. The van der Waals surface area contributed by atoms with Crippen LogP contribution in [0.3, 0.4) is 0 Å². The summed E-state index contributed by atoms with van der Waals surface area (Å²) in [4.78, 5) is 11.2. The van der Waals surface area contributed by atoms with Gasteiger partial charge in [0.05, 0.1) is 6.04 Å². The molecule has 0 aromatic rings. The first kappa shape index (κ1) is 11.4.